The molecule has 3 rings (SSSR count). The van der Waals surface area contributed by atoms with E-state index in [9.17, 15) is 4.79 Å². The highest BCUT2D eigenvalue weighted by molar-refractivity contribution is 7.16. The lowest BCUT2D eigenvalue weighted by Crippen LogP contribution is -2.21. The number of fused-ring (bicyclic) bond motifs is 1. The third-order valence-corrected chi connectivity index (χ3v) is 4.27. The minimum atomic E-state index is -0.135. The van der Waals surface area contributed by atoms with Crippen molar-refractivity contribution < 1.29 is 0 Å². The number of benzene rings is 1. The largest absolute Gasteiger partial charge is 0.296 e. The number of hydrogen-bond donors (Lipinski definition) is 0. The maximum absolute atomic E-state index is 12.0. The fourth-order valence-electron chi connectivity index (χ4n) is 2.27. The first kappa shape index (κ1) is 15.1. The van der Waals surface area contributed by atoms with Gasteiger partial charge in [-0.3, -0.25) is 9.69 Å². The Morgan fingerprint density at radius 3 is 2.73 bits per heavy atom. The van der Waals surface area contributed by atoms with Gasteiger partial charge < -0.3 is 0 Å². The van der Waals surface area contributed by atoms with Crippen LogP contribution in [0.1, 0.15) is 16.3 Å². The van der Waals surface area contributed by atoms with E-state index in [-0.39, 0.29) is 5.56 Å². The fourth-order valence-corrected chi connectivity index (χ4v) is 3.16. The maximum Gasteiger partial charge on any atom is 0.275 e. The Kier molecular flexibility index (Phi) is 4.24. The molecule has 0 amide bonds. The van der Waals surface area contributed by atoms with E-state index in [1.807, 2.05) is 38.2 Å². The third-order valence-electron chi connectivity index (χ3n) is 3.20. The average molecular weight is 335 g/mol. The van der Waals surface area contributed by atoms with Gasteiger partial charge in [-0.05, 0) is 31.7 Å². The van der Waals surface area contributed by atoms with Crippen molar-refractivity contribution in [3.8, 4) is 0 Å². The summed E-state index contributed by atoms with van der Waals surface area (Å²) in [6.45, 7) is 3.23. The summed E-state index contributed by atoms with van der Waals surface area (Å²) >= 11 is 7.31. The molecule has 0 aliphatic rings. The Morgan fingerprint density at radius 1 is 1.27 bits per heavy atom. The van der Waals surface area contributed by atoms with E-state index in [0.29, 0.717) is 11.5 Å². The first-order chi connectivity index (χ1) is 10.5. The summed E-state index contributed by atoms with van der Waals surface area (Å²) in [4.78, 5) is 19.3. The first-order valence-electron chi connectivity index (χ1n) is 6.80. The van der Waals surface area contributed by atoms with Crippen molar-refractivity contribution in [1.82, 2.24) is 19.5 Å². The molecule has 3 aromatic rings. The normalized spacial score (nSPS) is 11.5. The Labute approximate surface area is 136 Å². The van der Waals surface area contributed by atoms with Crippen molar-refractivity contribution >= 4 is 27.9 Å². The van der Waals surface area contributed by atoms with Crippen LogP contribution in [0, 0.1) is 6.92 Å². The van der Waals surface area contributed by atoms with Gasteiger partial charge in [0.2, 0.25) is 4.96 Å². The maximum atomic E-state index is 12.0. The van der Waals surface area contributed by atoms with Crippen molar-refractivity contribution in [3.63, 3.8) is 0 Å². The van der Waals surface area contributed by atoms with Crippen molar-refractivity contribution in [3.05, 3.63) is 62.0 Å². The van der Waals surface area contributed by atoms with E-state index in [1.54, 1.807) is 6.07 Å². The van der Waals surface area contributed by atoms with Gasteiger partial charge in [0.15, 0.2) is 0 Å². The molecule has 0 fully saturated rings. The molecule has 22 heavy (non-hydrogen) atoms. The predicted octanol–water partition coefficient (Wildman–Crippen LogP) is 2.74. The van der Waals surface area contributed by atoms with Gasteiger partial charge in [0.1, 0.15) is 5.01 Å². The molecule has 0 saturated heterocycles. The van der Waals surface area contributed by atoms with E-state index >= 15 is 0 Å². The molecule has 0 N–H and O–H groups in total. The smallest absolute Gasteiger partial charge is 0.275 e. The van der Waals surface area contributed by atoms with Crippen LogP contribution in [0.2, 0.25) is 5.02 Å². The van der Waals surface area contributed by atoms with Crippen LogP contribution in [0.4, 0.5) is 0 Å². The molecule has 7 heteroatoms. The zero-order valence-corrected chi connectivity index (χ0v) is 13.9. The zero-order valence-electron chi connectivity index (χ0n) is 12.3. The molecule has 2 heterocycles. The molecule has 5 nitrogen and oxygen atoms in total. The van der Waals surface area contributed by atoms with Crippen LogP contribution in [0.15, 0.2) is 35.1 Å². The highest BCUT2D eigenvalue weighted by atomic mass is 35.5. The summed E-state index contributed by atoms with van der Waals surface area (Å²) in [5.74, 6) is 0. The molecule has 2 aromatic heterocycles. The minimum Gasteiger partial charge on any atom is -0.296 e. The summed E-state index contributed by atoms with van der Waals surface area (Å²) in [7, 11) is 2.00. The molecule has 0 spiro atoms. The number of hydrogen-bond acceptors (Lipinski definition) is 5. The molecule has 1 aromatic carbocycles. The lowest BCUT2D eigenvalue weighted by atomic mass is 10.2. The molecule has 0 atom stereocenters. The van der Waals surface area contributed by atoms with Crippen molar-refractivity contribution in [2.75, 3.05) is 7.05 Å². The Balaban J connectivity index is 1.77. The predicted molar refractivity (Wildman–Crippen MR) is 88.5 cm³/mol. The van der Waals surface area contributed by atoms with E-state index in [1.165, 1.54) is 21.4 Å². The van der Waals surface area contributed by atoms with Gasteiger partial charge in [-0.15, -0.1) is 0 Å². The van der Waals surface area contributed by atoms with E-state index in [0.717, 1.165) is 22.3 Å². The summed E-state index contributed by atoms with van der Waals surface area (Å²) in [5, 5.41) is 5.70. The lowest BCUT2D eigenvalue weighted by Gasteiger charge is -2.16. The number of nitrogens with zero attached hydrogens (tertiary/aromatic N) is 4. The highest BCUT2D eigenvalue weighted by Gasteiger charge is 2.09. The van der Waals surface area contributed by atoms with Crippen LogP contribution in [-0.4, -0.2) is 26.5 Å². The second-order valence-corrected chi connectivity index (χ2v) is 6.80. The van der Waals surface area contributed by atoms with Crippen LogP contribution in [0.3, 0.4) is 0 Å². The van der Waals surface area contributed by atoms with Gasteiger partial charge in [-0.25, -0.2) is 4.98 Å². The van der Waals surface area contributed by atoms with Crippen molar-refractivity contribution in [2.24, 2.45) is 0 Å². The van der Waals surface area contributed by atoms with E-state index in [2.05, 4.69) is 15.0 Å². The SMILES string of the molecule is Cc1nn2c(=O)cc(CN(C)Cc3ccc(Cl)cc3)nc2s1. The molecular formula is C15H15ClN4OS. The molecule has 0 aliphatic heterocycles. The Hall–Kier alpha value is -1.76. The van der Waals surface area contributed by atoms with Crippen LogP contribution in [0.25, 0.3) is 4.96 Å². The van der Waals surface area contributed by atoms with Crippen molar-refractivity contribution in [2.45, 2.75) is 20.0 Å². The van der Waals surface area contributed by atoms with Crippen LogP contribution in [-0.2, 0) is 13.1 Å². The number of aromatic nitrogens is 3. The van der Waals surface area contributed by atoms with E-state index < -0.39 is 0 Å². The minimum absolute atomic E-state index is 0.135. The summed E-state index contributed by atoms with van der Waals surface area (Å²) in [6.07, 6.45) is 0. The number of rotatable bonds is 4. The summed E-state index contributed by atoms with van der Waals surface area (Å²) in [6, 6.07) is 9.29. The van der Waals surface area contributed by atoms with Crippen LogP contribution < -0.4 is 5.56 Å². The molecule has 0 bridgehead atoms. The van der Waals surface area contributed by atoms with Gasteiger partial charge in [0, 0.05) is 24.2 Å². The monoisotopic (exact) mass is 334 g/mol. The van der Waals surface area contributed by atoms with E-state index in [4.69, 9.17) is 11.6 Å². The topological polar surface area (TPSA) is 50.5 Å². The van der Waals surface area contributed by atoms with Gasteiger partial charge in [0.25, 0.3) is 5.56 Å². The number of halogens is 1. The van der Waals surface area contributed by atoms with Gasteiger partial charge in [-0.2, -0.15) is 9.61 Å². The fraction of sp³-hybridized carbons (Fsp3) is 0.267. The molecular weight excluding hydrogens is 320 g/mol. The Bertz CT molecular complexity index is 856. The molecule has 0 saturated carbocycles. The molecule has 0 radical (unpaired) electrons. The quantitative estimate of drug-likeness (QED) is 0.736. The second-order valence-electron chi connectivity index (χ2n) is 5.20. The second kappa shape index (κ2) is 6.16. The van der Waals surface area contributed by atoms with Gasteiger partial charge in [0.05, 0.1) is 5.69 Å². The van der Waals surface area contributed by atoms with Crippen LogP contribution >= 0.6 is 22.9 Å². The molecule has 0 unspecified atom stereocenters. The highest BCUT2D eigenvalue weighted by Crippen LogP contribution is 2.13. The lowest BCUT2D eigenvalue weighted by molar-refractivity contribution is 0.315. The third kappa shape index (κ3) is 3.35. The summed E-state index contributed by atoms with van der Waals surface area (Å²) in [5.41, 5.74) is 1.78. The molecule has 0 aliphatic carbocycles. The van der Waals surface area contributed by atoms with Gasteiger partial charge in [-0.1, -0.05) is 35.1 Å². The molecule has 114 valence electrons. The van der Waals surface area contributed by atoms with Gasteiger partial charge >= 0.3 is 0 Å². The zero-order chi connectivity index (χ0) is 15.7. The Morgan fingerprint density at radius 2 is 2.00 bits per heavy atom. The van der Waals surface area contributed by atoms with Crippen molar-refractivity contribution in [1.29, 1.82) is 0 Å². The number of aryl methyl sites for hydroxylation is 1. The average Bonchev–Trinajstić information content (AvgIpc) is 2.82. The summed E-state index contributed by atoms with van der Waals surface area (Å²) < 4.78 is 1.35. The first-order valence-corrected chi connectivity index (χ1v) is 8.00. The standard InChI is InChI=1S/C15H15ClN4OS/c1-10-18-20-14(21)7-13(17-15(20)22-10)9-19(2)8-11-3-5-12(16)6-4-11/h3-7H,8-9H2,1-2H3. The van der Waals surface area contributed by atoms with Crippen LogP contribution in [0.5, 0.6) is 0 Å².